The van der Waals surface area contributed by atoms with Gasteiger partial charge in [0.25, 0.3) is 0 Å². The van der Waals surface area contributed by atoms with E-state index in [1.807, 2.05) is 0 Å². The predicted octanol–water partition coefficient (Wildman–Crippen LogP) is 4.62. The Balaban J connectivity index is 2.51. The summed E-state index contributed by atoms with van der Waals surface area (Å²) in [5.74, 6) is 0.983. The van der Waals surface area contributed by atoms with Crippen molar-refractivity contribution in [3.05, 3.63) is 62.2 Å². The van der Waals surface area contributed by atoms with Gasteiger partial charge in [0, 0.05) is 3.57 Å². The number of benzene rings is 2. The highest BCUT2D eigenvalue weighted by Gasteiger charge is 2.17. The van der Waals surface area contributed by atoms with Crippen molar-refractivity contribution in [3.8, 4) is 5.75 Å². The van der Waals surface area contributed by atoms with Gasteiger partial charge in [0.15, 0.2) is 0 Å². The second-order valence-corrected chi connectivity index (χ2v) is 6.36. The molecule has 2 nitrogen and oxygen atoms in total. The molecule has 0 heterocycles. The van der Waals surface area contributed by atoms with Gasteiger partial charge in [0.05, 0.1) is 13.2 Å². The Bertz CT molecular complexity index is 601. The summed E-state index contributed by atoms with van der Waals surface area (Å²) >= 11 is 2.41. The van der Waals surface area contributed by atoms with Crippen LogP contribution in [0.25, 0.3) is 0 Å². The minimum Gasteiger partial charge on any atom is -0.496 e. The van der Waals surface area contributed by atoms with E-state index in [0.717, 1.165) is 12.3 Å². The predicted molar refractivity (Wildman–Crippen MR) is 97.1 cm³/mol. The van der Waals surface area contributed by atoms with Crippen LogP contribution in [0.2, 0.25) is 0 Å². The van der Waals surface area contributed by atoms with Crippen LogP contribution in [0.3, 0.4) is 0 Å². The average Bonchev–Trinajstić information content (AvgIpc) is 2.45. The van der Waals surface area contributed by atoms with Gasteiger partial charge < -0.3 is 10.1 Å². The summed E-state index contributed by atoms with van der Waals surface area (Å²) in [5, 5.41) is 3.60. The maximum absolute atomic E-state index is 5.48. The van der Waals surface area contributed by atoms with Gasteiger partial charge in [-0.15, -0.1) is 0 Å². The quantitative estimate of drug-likeness (QED) is 0.747. The number of ether oxygens (including phenoxy) is 1. The van der Waals surface area contributed by atoms with Crippen LogP contribution in [0.4, 0.5) is 0 Å². The molecule has 2 aromatic rings. The van der Waals surface area contributed by atoms with Gasteiger partial charge in [-0.1, -0.05) is 37.3 Å². The lowest BCUT2D eigenvalue weighted by Crippen LogP contribution is -2.23. The molecule has 0 bridgehead atoms. The van der Waals surface area contributed by atoms with Gasteiger partial charge in [0.2, 0.25) is 0 Å². The van der Waals surface area contributed by atoms with Crippen LogP contribution in [-0.4, -0.2) is 13.7 Å². The third-order valence-corrected chi connectivity index (χ3v) is 4.63. The van der Waals surface area contributed by atoms with Crippen LogP contribution in [0.15, 0.2) is 36.4 Å². The highest BCUT2D eigenvalue weighted by atomic mass is 127. The summed E-state index contributed by atoms with van der Waals surface area (Å²) in [6.07, 6.45) is 0. The maximum atomic E-state index is 5.48. The lowest BCUT2D eigenvalue weighted by molar-refractivity contribution is 0.408. The van der Waals surface area contributed by atoms with E-state index in [2.05, 4.69) is 85.1 Å². The smallest absolute Gasteiger partial charge is 0.124 e. The second-order valence-electron chi connectivity index (χ2n) is 5.20. The van der Waals surface area contributed by atoms with E-state index >= 15 is 0 Å². The average molecular weight is 395 g/mol. The topological polar surface area (TPSA) is 21.3 Å². The molecule has 0 aliphatic heterocycles. The largest absolute Gasteiger partial charge is 0.496 e. The number of hydrogen-bond acceptors (Lipinski definition) is 2. The standard InChI is InChI=1S/C18H22INO/c1-5-20-17(15-8-6-7-9-16(15)19)14-10-12(2)18(21-4)13(3)11-14/h6-11,17,20H,5H2,1-4H3. The fraction of sp³-hybridized carbons (Fsp3) is 0.333. The molecular weight excluding hydrogens is 373 g/mol. The molecule has 2 aromatic carbocycles. The summed E-state index contributed by atoms with van der Waals surface area (Å²) in [7, 11) is 1.73. The van der Waals surface area contributed by atoms with Crippen LogP contribution in [0, 0.1) is 17.4 Å². The molecule has 0 aliphatic carbocycles. The van der Waals surface area contributed by atoms with Gasteiger partial charge in [0.1, 0.15) is 5.75 Å². The molecule has 0 spiro atoms. The summed E-state index contributed by atoms with van der Waals surface area (Å²) in [6.45, 7) is 7.29. The molecule has 112 valence electrons. The molecule has 0 saturated heterocycles. The fourth-order valence-electron chi connectivity index (χ4n) is 2.79. The Morgan fingerprint density at radius 2 is 1.76 bits per heavy atom. The van der Waals surface area contributed by atoms with Crippen LogP contribution >= 0.6 is 22.6 Å². The molecule has 0 aliphatic rings. The number of nitrogens with one attached hydrogen (secondary N) is 1. The zero-order valence-corrected chi connectivity index (χ0v) is 15.2. The van der Waals surface area contributed by atoms with Crippen molar-refractivity contribution in [2.45, 2.75) is 26.8 Å². The van der Waals surface area contributed by atoms with Crippen molar-refractivity contribution in [1.29, 1.82) is 0 Å². The third kappa shape index (κ3) is 3.58. The molecule has 2 rings (SSSR count). The van der Waals surface area contributed by atoms with Crippen LogP contribution in [-0.2, 0) is 0 Å². The molecule has 0 fully saturated rings. The van der Waals surface area contributed by atoms with Gasteiger partial charge in [-0.05, 0) is 71.3 Å². The van der Waals surface area contributed by atoms with E-state index in [0.29, 0.717) is 0 Å². The van der Waals surface area contributed by atoms with Crippen LogP contribution < -0.4 is 10.1 Å². The van der Waals surface area contributed by atoms with Crippen molar-refractivity contribution in [2.75, 3.05) is 13.7 Å². The van der Waals surface area contributed by atoms with Gasteiger partial charge in [-0.3, -0.25) is 0 Å². The first-order valence-corrected chi connectivity index (χ1v) is 8.29. The van der Waals surface area contributed by atoms with Crippen molar-refractivity contribution < 1.29 is 4.74 Å². The van der Waals surface area contributed by atoms with E-state index in [4.69, 9.17) is 4.74 Å². The molecule has 21 heavy (non-hydrogen) atoms. The van der Waals surface area contributed by atoms with Crippen LogP contribution in [0.1, 0.15) is 35.2 Å². The summed E-state index contributed by atoms with van der Waals surface area (Å²) in [5.41, 5.74) is 4.98. The fourth-order valence-corrected chi connectivity index (χ4v) is 3.49. The lowest BCUT2D eigenvalue weighted by Gasteiger charge is -2.22. The molecule has 0 radical (unpaired) electrons. The third-order valence-electron chi connectivity index (χ3n) is 3.64. The number of halogens is 1. The maximum Gasteiger partial charge on any atom is 0.124 e. The Kier molecular flexibility index (Phi) is 5.65. The van der Waals surface area contributed by atoms with Crippen molar-refractivity contribution in [3.63, 3.8) is 0 Å². The minimum absolute atomic E-state index is 0.214. The number of rotatable bonds is 5. The van der Waals surface area contributed by atoms with E-state index in [-0.39, 0.29) is 6.04 Å². The van der Waals surface area contributed by atoms with Crippen molar-refractivity contribution in [2.24, 2.45) is 0 Å². The monoisotopic (exact) mass is 395 g/mol. The molecule has 1 N–H and O–H groups in total. The van der Waals surface area contributed by atoms with E-state index < -0.39 is 0 Å². The summed E-state index contributed by atoms with van der Waals surface area (Å²) < 4.78 is 6.76. The highest BCUT2D eigenvalue weighted by molar-refractivity contribution is 14.1. The second kappa shape index (κ2) is 7.27. The van der Waals surface area contributed by atoms with E-state index in [1.54, 1.807) is 7.11 Å². The van der Waals surface area contributed by atoms with Gasteiger partial charge in [-0.2, -0.15) is 0 Å². The number of hydrogen-bond donors (Lipinski definition) is 1. The van der Waals surface area contributed by atoms with E-state index in [1.165, 1.54) is 25.8 Å². The van der Waals surface area contributed by atoms with E-state index in [9.17, 15) is 0 Å². The first-order valence-electron chi connectivity index (χ1n) is 7.21. The van der Waals surface area contributed by atoms with Gasteiger partial charge >= 0.3 is 0 Å². The first kappa shape index (κ1) is 16.3. The summed E-state index contributed by atoms with van der Waals surface area (Å²) in [4.78, 5) is 0. The number of methoxy groups -OCH3 is 1. The first-order chi connectivity index (χ1) is 10.1. The Labute approximate surface area is 141 Å². The number of aryl methyl sites for hydroxylation is 2. The zero-order chi connectivity index (χ0) is 15.4. The van der Waals surface area contributed by atoms with Crippen molar-refractivity contribution in [1.82, 2.24) is 5.32 Å². The molecule has 1 unspecified atom stereocenters. The lowest BCUT2D eigenvalue weighted by atomic mass is 9.95. The normalized spacial score (nSPS) is 12.2. The molecular formula is C18H22INO. The highest BCUT2D eigenvalue weighted by Crippen LogP contribution is 2.31. The minimum atomic E-state index is 0.214. The zero-order valence-electron chi connectivity index (χ0n) is 13.0. The van der Waals surface area contributed by atoms with Gasteiger partial charge in [-0.25, -0.2) is 0 Å². The molecule has 3 heteroatoms. The Morgan fingerprint density at radius 3 is 2.29 bits per heavy atom. The SMILES string of the molecule is CCNC(c1cc(C)c(OC)c(C)c1)c1ccccc1I. The Hall–Kier alpha value is -1.07. The Morgan fingerprint density at radius 1 is 1.14 bits per heavy atom. The molecule has 0 amide bonds. The molecule has 0 aromatic heterocycles. The summed E-state index contributed by atoms with van der Waals surface area (Å²) in [6, 6.07) is 13.2. The van der Waals surface area contributed by atoms with Crippen LogP contribution in [0.5, 0.6) is 5.75 Å². The molecule has 1 atom stereocenters. The molecule has 0 saturated carbocycles. The van der Waals surface area contributed by atoms with Crippen molar-refractivity contribution >= 4 is 22.6 Å².